The Hall–Kier alpha value is -0.0400. The van der Waals surface area contributed by atoms with E-state index in [-0.39, 0.29) is 0 Å². The van der Waals surface area contributed by atoms with Gasteiger partial charge in [0, 0.05) is 13.2 Å². The van der Waals surface area contributed by atoms with Crippen molar-refractivity contribution >= 4 is 0 Å². The second-order valence-corrected chi connectivity index (χ2v) is 3.57. The summed E-state index contributed by atoms with van der Waals surface area (Å²) in [5.74, 6) is 1.63. The van der Waals surface area contributed by atoms with E-state index in [1.807, 2.05) is 0 Å². The van der Waals surface area contributed by atoms with Crippen molar-refractivity contribution in [3.63, 3.8) is 0 Å². The lowest BCUT2D eigenvalue weighted by Gasteiger charge is -2.16. The van der Waals surface area contributed by atoms with Crippen LogP contribution >= 0.6 is 0 Å². The molecule has 1 aliphatic heterocycles. The van der Waals surface area contributed by atoms with E-state index in [2.05, 4.69) is 13.8 Å². The fourth-order valence-corrected chi connectivity index (χ4v) is 1.45. The van der Waals surface area contributed by atoms with Gasteiger partial charge in [-0.3, -0.25) is 0 Å². The van der Waals surface area contributed by atoms with Crippen molar-refractivity contribution in [1.82, 2.24) is 0 Å². The van der Waals surface area contributed by atoms with E-state index >= 15 is 0 Å². The molecule has 10 heavy (non-hydrogen) atoms. The van der Waals surface area contributed by atoms with Gasteiger partial charge >= 0.3 is 0 Å². The highest BCUT2D eigenvalue weighted by Gasteiger charge is 2.15. The Kier molecular flexibility index (Phi) is 3.20. The van der Waals surface area contributed by atoms with Crippen molar-refractivity contribution in [1.29, 1.82) is 0 Å². The maximum Gasteiger partial charge on any atom is 0.0496 e. The Labute approximate surface area is 63.8 Å². The molecule has 0 aromatic carbocycles. The van der Waals surface area contributed by atoms with E-state index in [9.17, 15) is 0 Å². The molecule has 1 nitrogen and oxygen atoms in total. The first-order valence-corrected chi connectivity index (χ1v) is 4.38. The van der Waals surface area contributed by atoms with Crippen LogP contribution in [0.15, 0.2) is 0 Å². The molecule has 1 heterocycles. The van der Waals surface area contributed by atoms with E-state index < -0.39 is 0 Å². The molecule has 0 N–H and O–H groups in total. The number of hydrogen-bond acceptors (Lipinski definition) is 1. The highest BCUT2D eigenvalue weighted by molar-refractivity contribution is 4.64. The molecule has 0 saturated carbocycles. The third kappa shape index (κ3) is 2.30. The van der Waals surface area contributed by atoms with Gasteiger partial charge in [-0.2, -0.15) is 0 Å². The number of rotatable bonds is 1. The molecule has 0 bridgehead atoms. The predicted molar refractivity (Wildman–Crippen MR) is 43.0 cm³/mol. The van der Waals surface area contributed by atoms with Crippen LogP contribution in [-0.2, 0) is 4.74 Å². The molecule has 1 rings (SSSR count). The van der Waals surface area contributed by atoms with Crippen LogP contribution in [-0.4, -0.2) is 13.2 Å². The van der Waals surface area contributed by atoms with Gasteiger partial charge in [0.1, 0.15) is 0 Å². The lowest BCUT2D eigenvalue weighted by atomic mass is 9.92. The first-order chi connectivity index (χ1) is 4.80. The quantitative estimate of drug-likeness (QED) is 0.546. The molecule has 0 aliphatic carbocycles. The second-order valence-electron chi connectivity index (χ2n) is 3.57. The van der Waals surface area contributed by atoms with Gasteiger partial charge in [0.25, 0.3) is 0 Å². The van der Waals surface area contributed by atoms with Crippen molar-refractivity contribution < 1.29 is 4.74 Å². The maximum atomic E-state index is 5.47. The van der Waals surface area contributed by atoms with Crippen molar-refractivity contribution in [3.8, 4) is 0 Å². The van der Waals surface area contributed by atoms with Crippen molar-refractivity contribution in [2.75, 3.05) is 13.2 Å². The van der Waals surface area contributed by atoms with E-state index in [1.165, 1.54) is 19.3 Å². The fraction of sp³-hybridized carbons (Fsp3) is 1.00. The van der Waals surface area contributed by atoms with E-state index in [1.54, 1.807) is 0 Å². The van der Waals surface area contributed by atoms with Crippen LogP contribution in [0, 0.1) is 11.8 Å². The van der Waals surface area contributed by atoms with Crippen LogP contribution in [0.1, 0.15) is 33.1 Å². The van der Waals surface area contributed by atoms with Gasteiger partial charge in [-0.05, 0) is 24.7 Å². The Morgan fingerprint density at radius 2 is 2.10 bits per heavy atom. The van der Waals surface area contributed by atoms with Gasteiger partial charge in [-0.15, -0.1) is 0 Å². The molecule has 0 aromatic rings. The number of ether oxygens (including phenoxy) is 1. The van der Waals surface area contributed by atoms with Crippen LogP contribution in [0.3, 0.4) is 0 Å². The summed E-state index contributed by atoms with van der Waals surface area (Å²) in [7, 11) is 0. The van der Waals surface area contributed by atoms with Crippen molar-refractivity contribution in [2.24, 2.45) is 11.8 Å². The molecule has 1 aliphatic rings. The van der Waals surface area contributed by atoms with Crippen LogP contribution in [0.4, 0.5) is 0 Å². The van der Waals surface area contributed by atoms with Crippen LogP contribution in [0.2, 0.25) is 0 Å². The molecule has 60 valence electrons. The third-order valence-corrected chi connectivity index (χ3v) is 2.39. The lowest BCUT2D eigenvalue weighted by Crippen LogP contribution is -2.13. The summed E-state index contributed by atoms with van der Waals surface area (Å²) in [5, 5.41) is 0. The molecule has 1 atom stereocenters. The molecular weight excluding hydrogens is 124 g/mol. The van der Waals surface area contributed by atoms with E-state index in [4.69, 9.17) is 4.74 Å². The first-order valence-electron chi connectivity index (χ1n) is 4.38. The SMILES string of the molecule is CC(C)C1CCCCOC1. The normalized spacial score (nSPS) is 28.5. The maximum absolute atomic E-state index is 5.47. The summed E-state index contributed by atoms with van der Waals surface area (Å²) in [5.41, 5.74) is 0. The molecule has 1 saturated heterocycles. The smallest absolute Gasteiger partial charge is 0.0496 e. The molecular formula is C9H18O. The topological polar surface area (TPSA) is 9.23 Å². The summed E-state index contributed by atoms with van der Waals surface area (Å²) in [6.07, 6.45) is 4.00. The number of hydrogen-bond donors (Lipinski definition) is 0. The highest BCUT2D eigenvalue weighted by Crippen LogP contribution is 2.21. The van der Waals surface area contributed by atoms with Gasteiger partial charge in [0.2, 0.25) is 0 Å². The molecule has 0 aromatic heterocycles. The standard InChI is InChI=1S/C9H18O/c1-8(2)9-5-3-4-6-10-7-9/h8-9H,3-7H2,1-2H3. The van der Waals surface area contributed by atoms with Gasteiger partial charge in [-0.25, -0.2) is 0 Å². The summed E-state index contributed by atoms with van der Waals surface area (Å²) in [4.78, 5) is 0. The van der Waals surface area contributed by atoms with Gasteiger partial charge in [0.15, 0.2) is 0 Å². The average molecular weight is 142 g/mol. The zero-order valence-electron chi connectivity index (χ0n) is 7.10. The molecule has 1 unspecified atom stereocenters. The lowest BCUT2D eigenvalue weighted by molar-refractivity contribution is 0.0999. The minimum Gasteiger partial charge on any atom is -0.381 e. The monoisotopic (exact) mass is 142 g/mol. The third-order valence-electron chi connectivity index (χ3n) is 2.39. The van der Waals surface area contributed by atoms with Crippen molar-refractivity contribution in [3.05, 3.63) is 0 Å². The minimum absolute atomic E-state index is 0.804. The van der Waals surface area contributed by atoms with Crippen molar-refractivity contribution in [2.45, 2.75) is 33.1 Å². The average Bonchev–Trinajstić information content (AvgIpc) is 2.12. The summed E-state index contributed by atoms with van der Waals surface area (Å²) < 4.78 is 5.47. The Bertz CT molecular complexity index is 80.7. The minimum atomic E-state index is 0.804. The van der Waals surface area contributed by atoms with Gasteiger partial charge < -0.3 is 4.74 Å². The zero-order chi connectivity index (χ0) is 7.40. The van der Waals surface area contributed by atoms with Crippen LogP contribution < -0.4 is 0 Å². The fourth-order valence-electron chi connectivity index (χ4n) is 1.45. The predicted octanol–water partition coefficient (Wildman–Crippen LogP) is 2.46. The summed E-state index contributed by atoms with van der Waals surface area (Å²) in [6.45, 7) is 6.57. The Morgan fingerprint density at radius 3 is 2.80 bits per heavy atom. The molecule has 1 heteroatoms. The zero-order valence-corrected chi connectivity index (χ0v) is 7.10. The summed E-state index contributed by atoms with van der Waals surface area (Å²) >= 11 is 0. The Balaban J connectivity index is 2.28. The van der Waals surface area contributed by atoms with Crippen LogP contribution in [0.5, 0.6) is 0 Å². The van der Waals surface area contributed by atoms with E-state index in [0.717, 1.165) is 25.0 Å². The Morgan fingerprint density at radius 1 is 1.30 bits per heavy atom. The van der Waals surface area contributed by atoms with Gasteiger partial charge in [0.05, 0.1) is 0 Å². The van der Waals surface area contributed by atoms with E-state index in [0.29, 0.717) is 0 Å². The molecule has 0 spiro atoms. The largest absolute Gasteiger partial charge is 0.381 e. The van der Waals surface area contributed by atoms with Gasteiger partial charge in [-0.1, -0.05) is 20.3 Å². The second kappa shape index (κ2) is 3.97. The highest BCUT2D eigenvalue weighted by atomic mass is 16.5. The molecule has 1 fully saturated rings. The summed E-state index contributed by atoms with van der Waals surface area (Å²) in [6, 6.07) is 0. The molecule has 0 radical (unpaired) electrons. The van der Waals surface area contributed by atoms with Crippen LogP contribution in [0.25, 0.3) is 0 Å². The molecule has 0 amide bonds. The first kappa shape index (κ1) is 8.06.